The van der Waals surface area contributed by atoms with Crippen molar-refractivity contribution in [2.24, 2.45) is 0 Å². The normalized spacial score (nSPS) is 13.5. The van der Waals surface area contributed by atoms with Gasteiger partial charge in [0, 0.05) is 48.2 Å². The van der Waals surface area contributed by atoms with Crippen LogP contribution in [-0.2, 0) is 4.79 Å². The van der Waals surface area contributed by atoms with E-state index in [0.717, 1.165) is 16.5 Å². The Balaban J connectivity index is 1.76. The molecule has 0 aliphatic heterocycles. The lowest BCUT2D eigenvalue weighted by Crippen LogP contribution is -2.46. The van der Waals surface area contributed by atoms with Crippen molar-refractivity contribution in [2.45, 2.75) is 31.9 Å². The smallest absolute Gasteiger partial charge is 0.321 e. The van der Waals surface area contributed by atoms with Crippen molar-refractivity contribution < 1.29 is 18.3 Å². The molecule has 2 atom stereocenters. The Morgan fingerprint density at radius 3 is 2.45 bits per heavy atom. The molecular weight excluding hydrogens is 432 g/mol. The first-order valence-electron chi connectivity index (χ1n) is 10.1. The standard InChI is InChI=1S/C22H21F2N7O2/c1-13(30-20(32)22(2,23)24)18(16-10-27-21(33-3)28-11-16)31-17-6-5-14(9-15(17)12-29-31)19-25-7-4-8-26-19/h4-13,18H,1-3H3,(H,30,32)/t13-,18-/m0/s1. The van der Waals surface area contributed by atoms with Crippen molar-refractivity contribution in [2.75, 3.05) is 7.11 Å². The summed E-state index contributed by atoms with van der Waals surface area (Å²) in [5.74, 6) is -4.33. The van der Waals surface area contributed by atoms with Crippen LogP contribution in [0.1, 0.15) is 25.5 Å². The highest BCUT2D eigenvalue weighted by molar-refractivity contribution is 5.84. The minimum absolute atomic E-state index is 0.159. The zero-order valence-corrected chi connectivity index (χ0v) is 18.1. The fourth-order valence-corrected chi connectivity index (χ4v) is 3.50. The molecule has 170 valence electrons. The lowest BCUT2D eigenvalue weighted by atomic mass is 10.0. The Bertz CT molecular complexity index is 1260. The Morgan fingerprint density at radius 1 is 1.12 bits per heavy atom. The number of benzene rings is 1. The molecule has 1 aromatic carbocycles. The number of alkyl halides is 2. The molecule has 3 aromatic heterocycles. The molecule has 3 heterocycles. The predicted octanol–water partition coefficient (Wildman–Crippen LogP) is 3.04. The van der Waals surface area contributed by atoms with Crippen LogP contribution < -0.4 is 10.1 Å². The largest absolute Gasteiger partial charge is 0.467 e. The van der Waals surface area contributed by atoms with Gasteiger partial charge in [0.25, 0.3) is 5.91 Å². The molecule has 0 aliphatic rings. The number of methoxy groups -OCH3 is 1. The molecule has 0 aliphatic carbocycles. The zero-order valence-electron chi connectivity index (χ0n) is 18.1. The van der Waals surface area contributed by atoms with Crippen LogP contribution in [0.2, 0.25) is 0 Å². The SMILES string of the molecule is COc1ncc([C@H]([C@H](C)NC(=O)C(C)(F)F)n2ncc3cc(-c4ncccn4)ccc32)cn1. The molecule has 11 heteroatoms. The number of hydrogen-bond acceptors (Lipinski definition) is 7. The van der Waals surface area contributed by atoms with Crippen molar-refractivity contribution in [1.29, 1.82) is 0 Å². The van der Waals surface area contributed by atoms with Gasteiger partial charge in [0.1, 0.15) is 6.04 Å². The zero-order chi connectivity index (χ0) is 23.6. The molecule has 1 N–H and O–H groups in total. The average molecular weight is 453 g/mol. The van der Waals surface area contributed by atoms with Crippen molar-refractivity contribution in [3.8, 4) is 17.4 Å². The highest BCUT2D eigenvalue weighted by Gasteiger charge is 2.35. The van der Waals surface area contributed by atoms with E-state index in [4.69, 9.17) is 4.74 Å². The van der Waals surface area contributed by atoms with Crippen LogP contribution in [0.25, 0.3) is 22.3 Å². The third-order valence-electron chi connectivity index (χ3n) is 5.09. The van der Waals surface area contributed by atoms with Crippen LogP contribution in [0, 0.1) is 0 Å². The Hall–Kier alpha value is -4.02. The van der Waals surface area contributed by atoms with Gasteiger partial charge in [-0.2, -0.15) is 13.9 Å². The highest BCUT2D eigenvalue weighted by atomic mass is 19.3. The molecule has 4 aromatic rings. The van der Waals surface area contributed by atoms with E-state index in [9.17, 15) is 13.6 Å². The second-order valence-corrected chi connectivity index (χ2v) is 7.53. The average Bonchev–Trinajstić information content (AvgIpc) is 3.22. The van der Waals surface area contributed by atoms with Gasteiger partial charge in [0.2, 0.25) is 0 Å². The Morgan fingerprint density at radius 2 is 1.82 bits per heavy atom. The molecule has 0 spiro atoms. The molecule has 0 fully saturated rings. The van der Waals surface area contributed by atoms with Crippen LogP contribution in [0.15, 0.2) is 55.2 Å². The van der Waals surface area contributed by atoms with E-state index >= 15 is 0 Å². The summed E-state index contributed by atoms with van der Waals surface area (Å²) in [7, 11) is 1.44. The first-order chi connectivity index (χ1) is 15.8. The number of ether oxygens (including phenoxy) is 1. The molecule has 0 unspecified atom stereocenters. The number of aromatic nitrogens is 6. The Kier molecular flexibility index (Phi) is 5.95. The van der Waals surface area contributed by atoms with Gasteiger partial charge in [0.05, 0.1) is 24.9 Å². The van der Waals surface area contributed by atoms with Crippen molar-refractivity contribution >= 4 is 16.8 Å². The minimum atomic E-state index is -3.52. The van der Waals surface area contributed by atoms with Crippen LogP contribution in [0.5, 0.6) is 6.01 Å². The van der Waals surface area contributed by atoms with Gasteiger partial charge < -0.3 is 10.1 Å². The minimum Gasteiger partial charge on any atom is -0.467 e. The van der Waals surface area contributed by atoms with E-state index in [1.165, 1.54) is 19.5 Å². The van der Waals surface area contributed by atoms with Crippen LogP contribution in [0.4, 0.5) is 8.78 Å². The van der Waals surface area contributed by atoms with E-state index in [2.05, 4.69) is 30.4 Å². The summed E-state index contributed by atoms with van der Waals surface area (Å²) in [6.45, 7) is 2.18. The lowest BCUT2D eigenvalue weighted by molar-refractivity contribution is -0.143. The van der Waals surface area contributed by atoms with Gasteiger partial charge in [-0.25, -0.2) is 19.9 Å². The monoisotopic (exact) mass is 453 g/mol. The molecule has 0 bridgehead atoms. The van der Waals surface area contributed by atoms with E-state index in [0.29, 0.717) is 18.3 Å². The Labute approximate surface area is 187 Å². The summed E-state index contributed by atoms with van der Waals surface area (Å²) in [6.07, 6.45) is 8.00. The first-order valence-corrected chi connectivity index (χ1v) is 10.1. The highest BCUT2D eigenvalue weighted by Crippen LogP contribution is 2.29. The fourth-order valence-electron chi connectivity index (χ4n) is 3.50. The molecule has 4 rings (SSSR count). The predicted molar refractivity (Wildman–Crippen MR) is 116 cm³/mol. The maximum Gasteiger partial charge on any atom is 0.321 e. The lowest BCUT2D eigenvalue weighted by Gasteiger charge is -2.27. The maximum absolute atomic E-state index is 13.6. The second kappa shape index (κ2) is 8.85. The number of amides is 1. The summed E-state index contributed by atoms with van der Waals surface area (Å²) in [5.41, 5.74) is 2.09. The van der Waals surface area contributed by atoms with Gasteiger partial charge >= 0.3 is 11.9 Å². The summed E-state index contributed by atoms with van der Waals surface area (Å²) in [6, 6.07) is 6.04. The van der Waals surface area contributed by atoms with Gasteiger partial charge in [-0.1, -0.05) is 0 Å². The van der Waals surface area contributed by atoms with Gasteiger partial charge in [-0.3, -0.25) is 9.48 Å². The molecule has 33 heavy (non-hydrogen) atoms. The number of rotatable bonds is 7. The van der Waals surface area contributed by atoms with Crippen LogP contribution >= 0.6 is 0 Å². The van der Waals surface area contributed by atoms with Gasteiger partial charge in [0.15, 0.2) is 5.82 Å². The number of carbonyl (C=O) groups excluding carboxylic acids is 1. The molecule has 0 saturated heterocycles. The molecule has 0 radical (unpaired) electrons. The van der Waals surface area contributed by atoms with Crippen LogP contribution in [0.3, 0.4) is 0 Å². The summed E-state index contributed by atoms with van der Waals surface area (Å²) in [4.78, 5) is 28.8. The molecule has 1 amide bonds. The summed E-state index contributed by atoms with van der Waals surface area (Å²) >= 11 is 0. The molecule has 0 saturated carbocycles. The number of fused-ring (bicyclic) bond motifs is 1. The fraction of sp³-hybridized carbons (Fsp3) is 0.273. The topological polar surface area (TPSA) is 108 Å². The number of halogens is 2. The van der Waals surface area contributed by atoms with Crippen LogP contribution in [-0.4, -0.2) is 54.7 Å². The number of nitrogens with zero attached hydrogens (tertiary/aromatic N) is 6. The van der Waals surface area contributed by atoms with E-state index < -0.39 is 23.9 Å². The van der Waals surface area contributed by atoms with Gasteiger partial charge in [-0.05, 0) is 31.2 Å². The third-order valence-corrected chi connectivity index (χ3v) is 5.09. The summed E-state index contributed by atoms with van der Waals surface area (Å²) < 4.78 is 33.8. The van der Waals surface area contributed by atoms with E-state index in [1.54, 1.807) is 36.3 Å². The summed E-state index contributed by atoms with van der Waals surface area (Å²) in [5, 5.41) is 7.66. The van der Waals surface area contributed by atoms with Gasteiger partial charge in [-0.15, -0.1) is 0 Å². The van der Waals surface area contributed by atoms with Crippen molar-refractivity contribution in [3.05, 3.63) is 60.8 Å². The maximum atomic E-state index is 13.6. The quantitative estimate of drug-likeness (QED) is 0.458. The van der Waals surface area contributed by atoms with Crippen molar-refractivity contribution in [1.82, 2.24) is 35.0 Å². The molecular formula is C22H21F2N7O2. The second-order valence-electron chi connectivity index (χ2n) is 7.53. The third kappa shape index (κ3) is 4.61. The number of carbonyl (C=O) groups is 1. The van der Waals surface area contributed by atoms with E-state index in [-0.39, 0.29) is 6.01 Å². The number of hydrogen-bond donors (Lipinski definition) is 1. The van der Waals surface area contributed by atoms with E-state index in [1.807, 2.05) is 18.2 Å². The first kappa shape index (κ1) is 22.2. The number of nitrogens with one attached hydrogen (secondary N) is 1. The van der Waals surface area contributed by atoms with Crippen molar-refractivity contribution in [3.63, 3.8) is 0 Å². The molecule has 9 nitrogen and oxygen atoms in total.